The second kappa shape index (κ2) is 8.66. The molecule has 0 heterocycles. The predicted octanol–water partition coefficient (Wildman–Crippen LogP) is 3.05. The molecule has 0 saturated heterocycles. The van der Waals surface area contributed by atoms with Gasteiger partial charge >= 0.3 is 0 Å². The van der Waals surface area contributed by atoms with Gasteiger partial charge in [0.15, 0.2) is 11.5 Å². The van der Waals surface area contributed by atoms with Gasteiger partial charge in [-0.15, -0.1) is 0 Å². The number of rotatable bonds is 4. The first-order chi connectivity index (χ1) is 13.8. The highest BCUT2D eigenvalue weighted by atomic mass is 127. The average molecular weight is 513 g/mol. The van der Waals surface area contributed by atoms with Crippen LogP contribution >= 0.6 is 22.6 Å². The van der Waals surface area contributed by atoms with Crippen molar-refractivity contribution < 1.29 is 29.2 Å². The minimum atomic E-state index is -1.17. The molecule has 0 radical (unpaired) electrons. The number of aryl methyl sites for hydroxylation is 1. The third-order valence-corrected chi connectivity index (χ3v) is 5.94. The van der Waals surface area contributed by atoms with Crippen LogP contribution in [0.3, 0.4) is 0 Å². The van der Waals surface area contributed by atoms with Gasteiger partial charge in [-0.3, -0.25) is 4.79 Å². The molecule has 0 bridgehead atoms. The summed E-state index contributed by atoms with van der Waals surface area (Å²) in [6.45, 7) is 1.46. The molecular weight excluding hydrogens is 489 g/mol. The van der Waals surface area contributed by atoms with Crippen LogP contribution in [0.25, 0.3) is 5.57 Å². The zero-order valence-corrected chi connectivity index (χ0v) is 18.9. The van der Waals surface area contributed by atoms with Crippen molar-refractivity contribution in [3.63, 3.8) is 0 Å². The summed E-state index contributed by atoms with van der Waals surface area (Å²) in [4.78, 5) is 11.8. The topological polar surface area (TPSA) is 97.2 Å². The number of methoxy groups -OCH3 is 3. The number of aliphatic hydroxyl groups excluding tert-OH is 2. The lowest BCUT2D eigenvalue weighted by Gasteiger charge is -2.23. The van der Waals surface area contributed by atoms with E-state index in [9.17, 15) is 15.0 Å². The summed E-state index contributed by atoms with van der Waals surface area (Å²) in [6.07, 6.45) is 3.46. The summed E-state index contributed by atoms with van der Waals surface area (Å²) in [5, 5.41) is 23.8. The summed E-state index contributed by atoms with van der Waals surface area (Å²) >= 11 is 1.99. The Labute approximate surface area is 183 Å². The summed E-state index contributed by atoms with van der Waals surface area (Å²) in [6, 6.07) is 1.57. The number of hydrogen-bond acceptors (Lipinski definition) is 6. The Morgan fingerprint density at radius 1 is 1.21 bits per heavy atom. The van der Waals surface area contributed by atoms with Crippen molar-refractivity contribution in [2.24, 2.45) is 0 Å². The normalized spacial score (nSPS) is 21.0. The maximum absolute atomic E-state index is 11.8. The van der Waals surface area contributed by atoms with E-state index in [1.807, 2.05) is 28.7 Å². The lowest BCUT2D eigenvalue weighted by atomic mass is 9.91. The first-order valence-electron chi connectivity index (χ1n) is 9.12. The van der Waals surface area contributed by atoms with E-state index in [-0.39, 0.29) is 17.7 Å². The number of nitrogens with one attached hydrogen (secondary N) is 1. The van der Waals surface area contributed by atoms with Crippen LogP contribution in [0.1, 0.15) is 24.5 Å². The standard InChI is InChI=1S/C21H24INO6/c1-10(24)23-15-6-5-11-7-17(27-2)20(28-3)21(29-4)18(11)13-8-14(22)19(26)16(25)9-12(13)15/h7-9,15-16,25-26H,5-6H2,1-4H3,(H,23,24)/t15-,16-/m0/s1. The average Bonchev–Trinajstić information content (AvgIpc) is 2.89. The third kappa shape index (κ3) is 3.95. The van der Waals surface area contributed by atoms with E-state index in [0.29, 0.717) is 33.7 Å². The van der Waals surface area contributed by atoms with Gasteiger partial charge < -0.3 is 29.7 Å². The van der Waals surface area contributed by atoms with Crippen molar-refractivity contribution in [2.45, 2.75) is 31.9 Å². The molecule has 0 aromatic heterocycles. The number of benzene rings is 1. The van der Waals surface area contributed by atoms with Gasteiger partial charge in [-0.05, 0) is 70.4 Å². The molecule has 8 heteroatoms. The molecule has 2 aliphatic carbocycles. The molecule has 1 aromatic rings. The number of allylic oxidation sites excluding steroid dienone is 2. The van der Waals surface area contributed by atoms with Gasteiger partial charge in [-0.25, -0.2) is 0 Å². The van der Waals surface area contributed by atoms with Crippen LogP contribution in [0.15, 0.2) is 33.1 Å². The number of hydrogen-bond donors (Lipinski definition) is 3. The van der Waals surface area contributed by atoms with E-state index in [1.54, 1.807) is 33.5 Å². The van der Waals surface area contributed by atoms with Gasteiger partial charge in [0.2, 0.25) is 11.7 Å². The molecule has 0 unspecified atom stereocenters. The van der Waals surface area contributed by atoms with Crippen LogP contribution in [0.5, 0.6) is 17.2 Å². The molecule has 3 rings (SSSR count). The van der Waals surface area contributed by atoms with Crippen LogP contribution in [0.4, 0.5) is 0 Å². The summed E-state index contributed by atoms with van der Waals surface area (Å²) < 4.78 is 17.3. The third-order valence-electron chi connectivity index (χ3n) is 5.08. The monoisotopic (exact) mass is 513 g/mol. The quantitative estimate of drug-likeness (QED) is 0.536. The highest BCUT2D eigenvalue weighted by molar-refractivity contribution is 14.1. The molecule has 1 aromatic carbocycles. The molecular formula is C21H24INO6. The molecule has 0 saturated carbocycles. The molecule has 2 atom stereocenters. The van der Waals surface area contributed by atoms with Crippen LogP contribution < -0.4 is 19.5 Å². The second-order valence-electron chi connectivity index (χ2n) is 6.83. The molecule has 7 nitrogen and oxygen atoms in total. The Bertz CT molecular complexity index is 934. The fourth-order valence-corrected chi connectivity index (χ4v) is 4.46. The number of ether oxygens (including phenoxy) is 3. The fourth-order valence-electron chi connectivity index (χ4n) is 3.83. The van der Waals surface area contributed by atoms with Gasteiger partial charge in [-0.2, -0.15) is 0 Å². The first-order valence-corrected chi connectivity index (χ1v) is 10.2. The minimum absolute atomic E-state index is 0.138. The lowest BCUT2D eigenvalue weighted by molar-refractivity contribution is -0.119. The first kappa shape index (κ1) is 21.5. The summed E-state index contributed by atoms with van der Waals surface area (Å²) in [7, 11) is 4.67. The van der Waals surface area contributed by atoms with Gasteiger partial charge in [0.25, 0.3) is 0 Å². The molecule has 3 N–H and O–H groups in total. The number of halogens is 1. The van der Waals surface area contributed by atoms with E-state index in [4.69, 9.17) is 14.2 Å². The molecule has 2 aliphatic rings. The number of carbonyl (C=O) groups is 1. The fraction of sp³-hybridized carbons (Fsp3) is 0.381. The Morgan fingerprint density at radius 2 is 1.90 bits per heavy atom. The Hall–Kier alpha value is -2.20. The van der Waals surface area contributed by atoms with E-state index in [1.165, 1.54) is 6.92 Å². The van der Waals surface area contributed by atoms with Crippen LogP contribution in [-0.2, 0) is 11.2 Å². The molecule has 0 spiro atoms. The maximum Gasteiger partial charge on any atom is 0.217 e. The molecule has 29 heavy (non-hydrogen) atoms. The van der Waals surface area contributed by atoms with E-state index < -0.39 is 6.10 Å². The molecule has 156 valence electrons. The van der Waals surface area contributed by atoms with Gasteiger partial charge in [-0.1, -0.05) is 0 Å². The van der Waals surface area contributed by atoms with Crippen molar-refractivity contribution in [3.8, 4) is 17.2 Å². The van der Waals surface area contributed by atoms with Crippen molar-refractivity contribution in [1.29, 1.82) is 0 Å². The van der Waals surface area contributed by atoms with Crippen molar-refractivity contribution in [3.05, 3.63) is 44.3 Å². The number of aliphatic hydroxyl groups is 2. The largest absolute Gasteiger partial charge is 0.508 e. The van der Waals surface area contributed by atoms with Crippen LogP contribution in [0, 0.1) is 0 Å². The second-order valence-corrected chi connectivity index (χ2v) is 7.99. The molecule has 1 amide bonds. The van der Waals surface area contributed by atoms with Crippen molar-refractivity contribution in [2.75, 3.05) is 21.3 Å². The molecule has 0 fully saturated rings. The summed E-state index contributed by atoms with van der Waals surface area (Å²) in [5.74, 6) is 1.20. The van der Waals surface area contributed by atoms with Crippen LogP contribution in [-0.4, -0.2) is 49.6 Å². The SMILES string of the molecule is COc1cc2c(c(OC)c1OC)C1=CC(I)=C(O)[C@@H](O)C=C1[C@@H](NC(C)=O)CC2. The zero-order chi connectivity index (χ0) is 21.3. The number of fused-ring (bicyclic) bond motifs is 3. The predicted molar refractivity (Wildman–Crippen MR) is 118 cm³/mol. The van der Waals surface area contributed by atoms with Crippen molar-refractivity contribution >= 4 is 34.1 Å². The Balaban J connectivity index is 2.35. The van der Waals surface area contributed by atoms with Gasteiger partial charge in [0.1, 0.15) is 11.9 Å². The number of carbonyl (C=O) groups excluding carboxylic acids is 1. The maximum atomic E-state index is 11.8. The smallest absolute Gasteiger partial charge is 0.217 e. The van der Waals surface area contributed by atoms with Crippen molar-refractivity contribution in [1.82, 2.24) is 5.32 Å². The highest BCUT2D eigenvalue weighted by Crippen LogP contribution is 2.49. The minimum Gasteiger partial charge on any atom is -0.508 e. The van der Waals surface area contributed by atoms with Gasteiger partial charge in [0, 0.05) is 12.5 Å². The van der Waals surface area contributed by atoms with E-state index >= 15 is 0 Å². The number of amides is 1. The van der Waals surface area contributed by atoms with Crippen LogP contribution in [0.2, 0.25) is 0 Å². The summed E-state index contributed by atoms with van der Waals surface area (Å²) in [5.41, 5.74) is 3.22. The Morgan fingerprint density at radius 3 is 2.48 bits per heavy atom. The van der Waals surface area contributed by atoms with E-state index in [0.717, 1.165) is 22.3 Å². The Kier molecular flexibility index (Phi) is 6.42. The lowest BCUT2D eigenvalue weighted by Crippen LogP contribution is -2.35. The zero-order valence-electron chi connectivity index (χ0n) is 16.7. The highest BCUT2D eigenvalue weighted by Gasteiger charge is 2.33. The van der Waals surface area contributed by atoms with E-state index in [2.05, 4.69) is 5.32 Å². The van der Waals surface area contributed by atoms with Gasteiger partial charge in [0.05, 0.1) is 31.0 Å². The molecule has 0 aliphatic heterocycles.